The second kappa shape index (κ2) is 2.29. The summed E-state index contributed by atoms with van der Waals surface area (Å²) in [4.78, 5) is 11.7. The van der Waals surface area contributed by atoms with E-state index in [2.05, 4.69) is 24.0 Å². The normalized spacial score (nSPS) is 48.4. The van der Waals surface area contributed by atoms with E-state index >= 15 is 0 Å². The molecule has 0 aromatic heterocycles. The average molecular weight is 188 g/mol. The van der Waals surface area contributed by atoms with Crippen LogP contribution in [0.25, 0.3) is 0 Å². The summed E-state index contributed by atoms with van der Waals surface area (Å²) in [6, 6.07) is 0. The quantitative estimate of drug-likeness (QED) is 0.327. The molecule has 1 aliphatic carbocycles. The van der Waals surface area contributed by atoms with Gasteiger partial charge in [0.05, 0.1) is 17.1 Å². The van der Waals surface area contributed by atoms with Gasteiger partial charge in [-0.05, 0) is 25.7 Å². The smallest absolute Gasteiger partial charge is 0.211 e. The van der Waals surface area contributed by atoms with Crippen LogP contribution < -0.4 is 0 Å². The molecule has 2 heteroatoms. The molecular weight excluding hydrogens is 176 g/mol. The van der Waals surface area contributed by atoms with Crippen molar-refractivity contribution in [2.45, 2.75) is 37.4 Å². The highest BCUT2D eigenvalue weighted by molar-refractivity contribution is 5.99. The van der Waals surface area contributed by atoms with Gasteiger partial charge in [0.1, 0.15) is 0 Å². The monoisotopic (exact) mass is 188 g/mol. The maximum absolute atomic E-state index is 11.7. The topological polar surface area (TPSA) is 26.3 Å². The molecule has 1 spiro atoms. The maximum atomic E-state index is 11.7. The van der Waals surface area contributed by atoms with Gasteiger partial charge >= 0.3 is 0 Å². The summed E-state index contributed by atoms with van der Waals surface area (Å²) >= 11 is 0. The Hall–Kier alpha value is -1.07. The highest BCUT2D eigenvalue weighted by atomic mass is 16.5. The van der Waals surface area contributed by atoms with Gasteiger partial charge in [-0.15, -0.1) is 0 Å². The lowest BCUT2D eigenvalue weighted by Gasteiger charge is -2.26. The molecular formula is C12H12O2. The molecule has 0 amide bonds. The van der Waals surface area contributed by atoms with Crippen LogP contribution in [-0.4, -0.2) is 17.0 Å². The van der Waals surface area contributed by atoms with Gasteiger partial charge < -0.3 is 4.74 Å². The molecule has 2 heterocycles. The van der Waals surface area contributed by atoms with Crippen molar-refractivity contribution >= 4 is 5.78 Å². The van der Waals surface area contributed by atoms with Gasteiger partial charge in [0, 0.05) is 6.42 Å². The van der Waals surface area contributed by atoms with Crippen molar-refractivity contribution < 1.29 is 9.53 Å². The Morgan fingerprint density at radius 2 is 2.43 bits per heavy atom. The first-order valence-electron chi connectivity index (χ1n) is 5.07. The third-order valence-electron chi connectivity index (χ3n) is 3.51. The van der Waals surface area contributed by atoms with Crippen molar-refractivity contribution in [1.29, 1.82) is 0 Å². The standard InChI is InChI=1S/C12H12O2/c1-11-6-7-12(14-11)5-3-2-4-10(13)9(12)8-11/h6-7,9H,3,5,8H2,1H3. The van der Waals surface area contributed by atoms with Crippen molar-refractivity contribution in [2.75, 3.05) is 0 Å². The first kappa shape index (κ1) is 8.26. The predicted octanol–water partition coefficient (Wildman–Crippen LogP) is 1.46. The maximum Gasteiger partial charge on any atom is 0.211 e. The third-order valence-corrected chi connectivity index (χ3v) is 3.51. The Bertz CT molecular complexity index is 398. The van der Waals surface area contributed by atoms with Crippen molar-refractivity contribution in [2.24, 2.45) is 5.92 Å². The van der Waals surface area contributed by atoms with Gasteiger partial charge in [-0.1, -0.05) is 18.1 Å². The Morgan fingerprint density at radius 3 is 3.21 bits per heavy atom. The molecule has 3 atom stereocenters. The summed E-state index contributed by atoms with van der Waals surface area (Å²) < 4.78 is 5.99. The lowest BCUT2D eigenvalue weighted by atomic mass is 9.76. The van der Waals surface area contributed by atoms with E-state index in [1.807, 2.05) is 6.92 Å². The second-order valence-electron chi connectivity index (χ2n) is 4.63. The number of carbonyl (C=O) groups is 1. The molecule has 2 aliphatic heterocycles. The zero-order valence-corrected chi connectivity index (χ0v) is 8.17. The average Bonchev–Trinajstić information content (AvgIpc) is 2.58. The number of carbonyl (C=O) groups excluding carboxylic acids is 1. The molecule has 0 aromatic rings. The lowest BCUT2D eigenvalue weighted by molar-refractivity contribution is -0.121. The fourth-order valence-corrected chi connectivity index (χ4v) is 2.81. The second-order valence-corrected chi connectivity index (χ2v) is 4.63. The van der Waals surface area contributed by atoms with E-state index < -0.39 is 0 Å². The van der Waals surface area contributed by atoms with Crippen LogP contribution in [0.5, 0.6) is 0 Å². The van der Waals surface area contributed by atoms with Gasteiger partial charge in [-0.25, -0.2) is 0 Å². The summed E-state index contributed by atoms with van der Waals surface area (Å²) in [6.07, 6.45) is 6.61. The highest BCUT2D eigenvalue weighted by Gasteiger charge is 2.57. The minimum Gasteiger partial charge on any atom is -0.360 e. The molecule has 3 rings (SSSR count). The van der Waals surface area contributed by atoms with Crippen LogP contribution in [0.2, 0.25) is 0 Å². The summed E-state index contributed by atoms with van der Waals surface area (Å²) in [6.45, 7) is 2.05. The molecule has 3 unspecified atom stereocenters. The summed E-state index contributed by atoms with van der Waals surface area (Å²) in [7, 11) is 0. The first-order valence-corrected chi connectivity index (χ1v) is 5.07. The molecule has 0 saturated carbocycles. The minimum atomic E-state index is -0.331. The van der Waals surface area contributed by atoms with Crippen molar-refractivity contribution in [3.63, 3.8) is 0 Å². The summed E-state index contributed by atoms with van der Waals surface area (Å²) in [5.74, 6) is 5.66. The van der Waals surface area contributed by atoms with E-state index in [1.165, 1.54) is 0 Å². The van der Waals surface area contributed by atoms with Gasteiger partial charge in [0.25, 0.3) is 0 Å². The number of hydrogen-bond donors (Lipinski definition) is 0. The van der Waals surface area contributed by atoms with Gasteiger partial charge in [0.15, 0.2) is 0 Å². The van der Waals surface area contributed by atoms with E-state index in [1.54, 1.807) is 0 Å². The molecule has 2 bridgehead atoms. The summed E-state index contributed by atoms with van der Waals surface area (Å²) in [5.41, 5.74) is -0.540. The van der Waals surface area contributed by atoms with Crippen LogP contribution >= 0.6 is 0 Å². The van der Waals surface area contributed by atoms with E-state index in [0.717, 1.165) is 19.3 Å². The molecule has 3 aliphatic rings. The van der Waals surface area contributed by atoms with Crippen LogP contribution in [0.4, 0.5) is 0 Å². The zero-order valence-electron chi connectivity index (χ0n) is 8.17. The van der Waals surface area contributed by atoms with E-state index in [9.17, 15) is 4.79 Å². The van der Waals surface area contributed by atoms with Gasteiger partial charge in [0.2, 0.25) is 5.78 Å². The number of rotatable bonds is 0. The van der Waals surface area contributed by atoms with E-state index in [-0.39, 0.29) is 22.9 Å². The molecule has 14 heavy (non-hydrogen) atoms. The highest BCUT2D eigenvalue weighted by Crippen LogP contribution is 2.52. The van der Waals surface area contributed by atoms with E-state index in [0.29, 0.717) is 0 Å². The van der Waals surface area contributed by atoms with Crippen LogP contribution in [0.15, 0.2) is 12.2 Å². The molecule has 1 saturated heterocycles. The first-order chi connectivity index (χ1) is 6.64. The van der Waals surface area contributed by atoms with Crippen molar-refractivity contribution in [1.82, 2.24) is 0 Å². The zero-order chi connectivity index (χ0) is 9.81. The Balaban J connectivity index is 2.07. The number of fused-ring (bicyclic) bond motifs is 1. The molecule has 0 aromatic carbocycles. The van der Waals surface area contributed by atoms with Crippen molar-refractivity contribution in [3.05, 3.63) is 12.2 Å². The lowest BCUT2D eigenvalue weighted by Crippen LogP contribution is -2.35. The number of hydrogen-bond acceptors (Lipinski definition) is 2. The Labute approximate surface area is 83.3 Å². The molecule has 72 valence electrons. The number of ketones is 1. The molecule has 2 nitrogen and oxygen atoms in total. The van der Waals surface area contributed by atoms with Crippen LogP contribution in [0, 0.1) is 17.8 Å². The Kier molecular flexibility index (Phi) is 1.35. The largest absolute Gasteiger partial charge is 0.360 e. The van der Waals surface area contributed by atoms with Crippen LogP contribution in [-0.2, 0) is 9.53 Å². The Morgan fingerprint density at radius 1 is 1.57 bits per heavy atom. The third kappa shape index (κ3) is 0.883. The van der Waals surface area contributed by atoms with Crippen molar-refractivity contribution in [3.8, 4) is 11.8 Å². The van der Waals surface area contributed by atoms with E-state index in [4.69, 9.17) is 4.74 Å². The summed E-state index contributed by atoms with van der Waals surface area (Å²) in [5, 5.41) is 0. The molecule has 1 fully saturated rings. The number of ether oxygens (including phenoxy) is 1. The van der Waals surface area contributed by atoms with Gasteiger partial charge in [-0.3, -0.25) is 4.79 Å². The molecule has 0 radical (unpaired) electrons. The minimum absolute atomic E-state index is 0.0208. The fourth-order valence-electron chi connectivity index (χ4n) is 2.81. The molecule has 0 N–H and O–H groups in total. The number of Topliss-reactive ketones (excluding diaryl/α,β-unsaturated/α-hetero) is 1. The van der Waals surface area contributed by atoms with Crippen LogP contribution in [0.1, 0.15) is 26.2 Å². The predicted molar refractivity (Wildman–Crippen MR) is 51.5 cm³/mol. The van der Waals surface area contributed by atoms with Crippen LogP contribution in [0.3, 0.4) is 0 Å². The van der Waals surface area contributed by atoms with Gasteiger partial charge in [-0.2, -0.15) is 0 Å². The fraction of sp³-hybridized carbons (Fsp3) is 0.583. The SMILES string of the molecule is CC12C=CC3(CCC#CC(=O)C3C1)O2.